The molecule has 1 heterocycles. The summed E-state index contributed by atoms with van der Waals surface area (Å²) in [4.78, 5) is 50.5. The Morgan fingerprint density at radius 2 is 0.931 bits per heavy atom. The molecule has 0 atom stereocenters. The third-order valence-electron chi connectivity index (χ3n) is 4.85. The quantitative estimate of drug-likeness (QED) is 0.625. The summed E-state index contributed by atoms with van der Waals surface area (Å²) < 4.78 is 2.00. The van der Waals surface area contributed by atoms with Crippen LogP contribution in [0.1, 0.15) is 38.8 Å². The first-order valence-electron chi connectivity index (χ1n) is 9.13. The summed E-state index contributed by atoms with van der Waals surface area (Å²) in [5.74, 6) is -1.41. The van der Waals surface area contributed by atoms with E-state index in [1.54, 1.807) is 11.3 Å². The van der Waals surface area contributed by atoms with E-state index in [4.69, 9.17) is 0 Å². The van der Waals surface area contributed by atoms with Crippen LogP contribution in [-0.2, 0) is 19.2 Å². The second-order valence-corrected chi connectivity index (χ2v) is 8.20. The van der Waals surface area contributed by atoms with Gasteiger partial charge in [-0.05, 0) is 49.2 Å². The number of fused-ring (bicyclic) bond motifs is 3. The minimum absolute atomic E-state index is 0.352. The maximum absolute atomic E-state index is 12.0. The standard InChI is InChI=1S/C22H22N2O4S/c1-11-7-21-17(9-19(11)23(13(3)25)14(4)26)18-10-20(12(2)8-22(18)29-21)24(15(5)27)16(6)28/h7-10H,1-6H3. The average molecular weight is 410 g/mol. The second kappa shape index (κ2) is 7.40. The van der Waals surface area contributed by atoms with Gasteiger partial charge in [-0.3, -0.25) is 29.0 Å². The summed E-state index contributed by atoms with van der Waals surface area (Å²) in [5.41, 5.74) is 2.71. The zero-order valence-electron chi connectivity index (χ0n) is 17.2. The molecular formula is C22H22N2O4S. The number of hydrogen-bond donors (Lipinski definition) is 0. The van der Waals surface area contributed by atoms with Gasteiger partial charge in [-0.1, -0.05) is 0 Å². The molecule has 29 heavy (non-hydrogen) atoms. The molecule has 0 N–H and O–H groups in total. The van der Waals surface area contributed by atoms with Crippen LogP contribution < -0.4 is 9.80 Å². The molecule has 3 rings (SSSR count). The van der Waals surface area contributed by atoms with E-state index >= 15 is 0 Å². The molecule has 0 unspecified atom stereocenters. The molecule has 0 saturated carbocycles. The van der Waals surface area contributed by atoms with Crippen LogP contribution in [-0.4, -0.2) is 23.6 Å². The second-order valence-electron chi connectivity index (χ2n) is 7.12. The molecule has 0 aliphatic heterocycles. The van der Waals surface area contributed by atoms with Gasteiger partial charge in [0, 0.05) is 47.9 Å². The molecule has 0 spiro atoms. The summed E-state index contributed by atoms with van der Waals surface area (Å²) in [6, 6.07) is 7.57. The molecular weight excluding hydrogens is 388 g/mol. The lowest BCUT2D eigenvalue weighted by Crippen LogP contribution is -2.33. The van der Waals surface area contributed by atoms with Gasteiger partial charge < -0.3 is 0 Å². The predicted molar refractivity (Wildman–Crippen MR) is 116 cm³/mol. The normalized spacial score (nSPS) is 11.0. The number of carbonyl (C=O) groups excluding carboxylic acids is 4. The van der Waals surface area contributed by atoms with Crippen LogP contribution in [0.15, 0.2) is 24.3 Å². The summed E-state index contributed by atoms with van der Waals surface area (Å²) in [6.45, 7) is 9.15. The third kappa shape index (κ3) is 3.53. The summed E-state index contributed by atoms with van der Waals surface area (Å²) in [6.07, 6.45) is 0. The fourth-order valence-electron chi connectivity index (χ4n) is 3.65. The van der Waals surface area contributed by atoms with E-state index in [1.807, 2.05) is 38.1 Å². The number of imide groups is 2. The Morgan fingerprint density at radius 1 is 0.621 bits per heavy atom. The number of carbonyl (C=O) groups is 4. The summed E-state index contributed by atoms with van der Waals surface area (Å²) in [5, 5.41) is 1.73. The van der Waals surface area contributed by atoms with Gasteiger partial charge in [0.2, 0.25) is 23.6 Å². The highest BCUT2D eigenvalue weighted by atomic mass is 32.1. The van der Waals surface area contributed by atoms with Crippen LogP contribution in [0.25, 0.3) is 20.2 Å². The van der Waals surface area contributed by atoms with Gasteiger partial charge in [-0.15, -0.1) is 11.3 Å². The molecule has 0 aliphatic carbocycles. The first-order chi connectivity index (χ1) is 13.5. The Balaban J connectivity index is 2.34. The number of thiophene rings is 1. The number of rotatable bonds is 2. The van der Waals surface area contributed by atoms with Crippen molar-refractivity contribution in [3.8, 4) is 0 Å². The first kappa shape index (κ1) is 20.7. The maximum atomic E-state index is 12.0. The fraction of sp³-hybridized carbons (Fsp3) is 0.273. The van der Waals surface area contributed by atoms with Crippen molar-refractivity contribution >= 4 is 66.5 Å². The zero-order chi connectivity index (χ0) is 21.6. The van der Waals surface area contributed by atoms with E-state index in [9.17, 15) is 19.2 Å². The fourth-order valence-corrected chi connectivity index (χ4v) is 4.92. The maximum Gasteiger partial charge on any atom is 0.230 e. The van der Waals surface area contributed by atoms with Crippen LogP contribution in [0, 0.1) is 13.8 Å². The van der Waals surface area contributed by atoms with Crippen molar-refractivity contribution in [1.82, 2.24) is 0 Å². The van der Waals surface area contributed by atoms with Gasteiger partial charge in [0.05, 0.1) is 11.4 Å². The predicted octanol–water partition coefficient (Wildman–Crippen LogP) is 4.47. The van der Waals surface area contributed by atoms with Gasteiger partial charge in [0.1, 0.15) is 0 Å². The number of benzene rings is 2. The third-order valence-corrected chi connectivity index (χ3v) is 5.96. The molecule has 0 aliphatic rings. The largest absolute Gasteiger partial charge is 0.274 e. The van der Waals surface area contributed by atoms with E-state index in [-0.39, 0.29) is 23.6 Å². The van der Waals surface area contributed by atoms with Gasteiger partial charge in [-0.2, -0.15) is 0 Å². The highest BCUT2D eigenvalue weighted by molar-refractivity contribution is 7.25. The van der Waals surface area contributed by atoms with Crippen molar-refractivity contribution in [2.75, 3.05) is 9.80 Å². The minimum atomic E-state index is -0.352. The van der Waals surface area contributed by atoms with Crippen molar-refractivity contribution in [2.45, 2.75) is 41.5 Å². The molecule has 7 heteroatoms. The lowest BCUT2D eigenvalue weighted by molar-refractivity contribution is -0.125. The topological polar surface area (TPSA) is 74.8 Å². The lowest BCUT2D eigenvalue weighted by atomic mass is 10.0. The van der Waals surface area contributed by atoms with E-state index < -0.39 is 0 Å². The summed E-state index contributed by atoms with van der Waals surface area (Å²) in [7, 11) is 0. The van der Waals surface area contributed by atoms with Crippen LogP contribution in [0.2, 0.25) is 0 Å². The van der Waals surface area contributed by atoms with Crippen LogP contribution in [0.3, 0.4) is 0 Å². The molecule has 0 bridgehead atoms. The Kier molecular flexibility index (Phi) is 5.28. The number of nitrogens with zero attached hydrogens (tertiary/aromatic N) is 2. The Hall–Kier alpha value is -3.06. The lowest BCUT2D eigenvalue weighted by Gasteiger charge is -2.20. The van der Waals surface area contributed by atoms with Crippen molar-refractivity contribution in [3.63, 3.8) is 0 Å². The highest BCUT2D eigenvalue weighted by Gasteiger charge is 2.22. The molecule has 6 nitrogen and oxygen atoms in total. The zero-order valence-corrected chi connectivity index (χ0v) is 18.1. The monoisotopic (exact) mass is 410 g/mol. The van der Waals surface area contributed by atoms with Gasteiger partial charge in [0.15, 0.2) is 0 Å². The number of hydrogen-bond acceptors (Lipinski definition) is 5. The molecule has 0 fully saturated rings. The first-order valence-corrected chi connectivity index (χ1v) is 9.94. The van der Waals surface area contributed by atoms with E-state index in [2.05, 4.69) is 0 Å². The van der Waals surface area contributed by atoms with Crippen LogP contribution >= 0.6 is 11.3 Å². The average Bonchev–Trinajstić information content (AvgIpc) is 2.90. The van der Waals surface area contributed by atoms with Crippen LogP contribution in [0.5, 0.6) is 0 Å². The number of amides is 4. The molecule has 4 amide bonds. The molecule has 0 radical (unpaired) electrons. The highest BCUT2D eigenvalue weighted by Crippen LogP contribution is 2.40. The van der Waals surface area contributed by atoms with Crippen molar-refractivity contribution < 1.29 is 19.2 Å². The van der Waals surface area contributed by atoms with Crippen molar-refractivity contribution in [1.29, 1.82) is 0 Å². The Labute approximate surface area is 172 Å². The van der Waals surface area contributed by atoms with E-state index in [1.165, 1.54) is 27.7 Å². The molecule has 1 aromatic heterocycles. The Bertz CT molecular complexity index is 1090. The SMILES string of the molecule is CC(=O)N(C(C)=O)c1cc2c(cc1C)sc1cc(C)c(N(C(C)=O)C(C)=O)cc12. The van der Waals surface area contributed by atoms with Crippen molar-refractivity contribution in [2.24, 2.45) is 0 Å². The Morgan fingerprint density at radius 3 is 1.21 bits per heavy atom. The van der Waals surface area contributed by atoms with Gasteiger partial charge in [-0.25, -0.2) is 0 Å². The van der Waals surface area contributed by atoms with Gasteiger partial charge >= 0.3 is 0 Å². The molecule has 2 aromatic carbocycles. The van der Waals surface area contributed by atoms with Crippen molar-refractivity contribution in [3.05, 3.63) is 35.4 Å². The molecule has 150 valence electrons. The smallest absolute Gasteiger partial charge is 0.230 e. The van der Waals surface area contributed by atoms with Crippen LogP contribution in [0.4, 0.5) is 11.4 Å². The number of aryl methyl sites for hydroxylation is 2. The minimum Gasteiger partial charge on any atom is -0.274 e. The van der Waals surface area contributed by atoms with Gasteiger partial charge in [0.25, 0.3) is 0 Å². The number of anilines is 2. The van der Waals surface area contributed by atoms with E-state index in [0.29, 0.717) is 11.4 Å². The van der Waals surface area contributed by atoms with E-state index in [0.717, 1.165) is 41.1 Å². The molecule has 3 aromatic rings. The molecule has 0 saturated heterocycles. The summed E-state index contributed by atoms with van der Waals surface area (Å²) >= 11 is 1.59.